The van der Waals surface area contributed by atoms with Crippen molar-refractivity contribution in [2.24, 2.45) is 0 Å². The monoisotopic (exact) mass is 555 g/mol. The Bertz CT molecular complexity index is 2920. The van der Waals surface area contributed by atoms with E-state index < -0.39 is 24.2 Å². The van der Waals surface area contributed by atoms with Gasteiger partial charge < -0.3 is 4.42 Å². The zero-order chi connectivity index (χ0) is 36.2. The van der Waals surface area contributed by atoms with Gasteiger partial charge in [0, 0.05) is 16.3 Å². The summed E-state index contributed by atoms with van der Waals surface area (Å²) in [6.45, 7) is 0. The van der Waals surface area contributed by atoms with Gasteiger partial charge in [-0.1, -0.05) is 145 Å². The fraction of sp³-hybridized carbons (Fsp3) is 0. The fourth-order valence-electron chi connectivity index (χ4n) is 6.41. The van der Waals surface area contributed by atoms with Crippen LogP contribution in [-0.4, -0.2) is 0 Å². The van der Waals surface area contributed by atoms with Crippen LogP contribution in [-0.2, 0) is 0 Å². The van der Waals surface area contributed by atoms with Crippen LogP contribution < -0.4 is 0 Å². The van der Waals surface area contributed by atoms with Crippen LogP contribution in [0.3, 0.4) is 0 Å². The predicted octanol–water partition coefficient (Wildman–Crippen LogP) is 12.0. The third kappa shape index (κ3) is 3.58. The number of hydrogen-bond donors (Lipinski definition) is 0. The number of benzene rings is 8. The Balaban J connectivity index is 1.60. The van der Waals surface area contributed by atoms with E-state index >= 15 is 0 Å². The third-order valence-electron chi connectivity index (χ3n) is 8.23. The minimum Gasteiger partial charge on any atom is -0.455 e. The molecule has 1 heterocycles. The number of rotatable bonds is 3. The summed E-state index contributed by atoms with van der Waals surface area (Å²) in [6.07, 6.45) is 0. The topological polar surface area (TPSA) is 13.1 Å². The van der Waals surface area contributed by atoms with Crippen molar-refractivity contribution in [1.82, 2.24) is 0 Å². The van der Waals surface area contributed by atoms with E-state index in [1.54, 1.807) is 24.3 Å². The molecule has 0 aliphatic carbocycles. The molecule has 0 unspecified atom stereocenters. The molecule has 1 aromatic heterocycles. The average molecular weight is 556 g/mol. The Morgan fingerprint density at radius 3 is 1.72 bits per heavy atom. The molecule has 0 radical (unpaired) electrons. The number of hydrogen-bond acceptors (Lipinski definition) is 1. The Hall–Kier alpha value is -5.66. The molecule has 200 valence electrons. The Kier molecular flexibility index (Phi) is 3.67. The van der Waals surface area contributed by atoms with Crippen LogP contribution in [0.15, 0.2) is 162 Å². The maximum absolute atomic E-state index is 9.44. The predicted molar refractivity (Wildman–Crippen MR) is 183 cm³/mol. The van der Waals surface area contributed by atoms with E-state index in [0.29, 0.717) is 38.5 Å². The Labute approximate surface area is 261 Å². The van der Waals surface area contributed by atoms with E-state index in [1.165, 1.54) is 0 Å². The first kappa shape index (κ1) is 16.7. The van der Waals surface area contributed by atoms with Crippen molar-refractivity contribution in [1.29, 1.82) is 0 Å². The van der Waals surface area contributed by atoms with E-state index in [4.69, 9.17) is 11.3 Å². The molecular formula is C42H26O. The maximum Gasteiger partial charge on any atom is 0.143 e. The third-order valence-corrected chi connectivity index (χ3v) is 8.23. The summed E-state index contributed by atoms with van der Waals surface area (Å²) >= 11 is 0. The van der Waals surface area contributed by atoms with Crippen molar-refractivity contribution in [3.05, 3.63) is 158 Å². The Morgan fingerprint density at radius 1 is 0.419 bits per heavy atom. The summed E-state index contributed by atoms with van der Waals surface area (Å²) in [5.74, 6) is 0. The normalized spacial score (nSPS) is 14.7. The second-order valence-electron chi connectivity index (χ2n) is 10.5. The molecule has 8 aromatic carbocycles. The zero-order valence-corrected chi connectivity index (χ0v) is 22.7. The number of para-hydroxylation sites is 1. The van der Waals surface area contributed by atoms with Gasteiger partial charge in [0.2, 0.25) is 0 Å². The average Bonchev–Trinajstić information content (AvgIpc) is 3.57. The quantitative estimate of drug-likeness (QED) is 0.198. The lowest BCUT2D eigenvalue weighted by molar-refractivity contribution is 0.670. The SMILES string of the molecule is [2H]c1c([2H])c([2H])c2c(-c3ccc(-c4ccccc4)c4oc5ccccc5c34)c3c([2H])c([2H])c([2H])c([2H])c3c(-c3ccc([2H])c4ccccc34)c2c1[2H]. The summed E-state index contributed by atoms with van der Waals surface area (Å²) in [4.78, 5) is 0. The van der Waals surface area contributed by atoms with Crippen LogP contribution >= 0.6 is 0 Å². The van der Waals surface area contributed by atoms with E-state index in [2.05, 4.69) is 0 Å². The van der Waals surface area contributed by atoms with Gasteiger partial charge in [-0.25, -0.2) is 0 Å². The molecule has 43 heavy (non-hydrogen) atoms. The highest BCUT2D eigenvalue weighted by molar-refractivity contribution is 6.27. The molecule has 0 saturated carbocycles. The fourth-order valence-corrected chi connectivity index (χ4v) is 6.41. The van der Waals surface area contributed by atoms with Crippen LogP contribution in [0, 0.1) is 0 Å². The van der Waals surface area contributed by atoms with Crippen molar-refractivity contribution < 1.29 is 16.8 Å². The van der Waals surface area contributed by atoms with E-state index in [1.807, 2.05) is 78.9 Å². The van der Waals surface area contributed by atoms with Crippen molar-refractivity contribution in [3.63, 3.8) is 0 Å². The molecular weight excluding hydrogens is 520 g/mol. The summed E-state index contributed by atoms with van der Waals surface area (Å²) in [7, 11) is 0. The minimum absolute atomic E-state index is 0.120. The highest BCUT2D eigenvalue weighted by Crippen LogP contribution is 2.49. The minimum atomic E-state index is -0.468. The van der Waals surface area contributed by atoms with E-state index in [0.717, 1.165) is 16.5 Å². The molecule has 1 heteroatoms. The molecule has 0 spiro atoms. The van der Waals surface area contributed by atoms with Gasteiger partial charge in [-0.3, -0.25) is 0 Å². The van der Waals surface area contributed by atoms with Gasteiger partial charge in [0.25, 0.3) is 0 Å². The second kappa shape index (κ2) is 9.44. The number of fused-ring (bicyclic) bond motifs is 6. The van der Waals surface area contributed by atoms with Gasteiger partial charge in [0.15, 0.2) is 0 Å². The van der Waals surface area contributed by atoms with Crippen LogP contribution in [0.1, 0.15) is 12.3 Å². The van der Waals surface area contributed by atoms with Crippen LogP contribution in [0.4, 0.5) is 0 Å². The summed E-state index contributed by atoms with van der Waals surface area (Å²) in [5, 5.41) is 3.08. The molecule has 0 aliphatic heterocycles. The summed E-state index contributed by atoms with van der Waals surface area (Å²) in [5.41, 5.74) is 4.32. The smallest absolute Gasteiger partial charge is 0.143 e. The lowest BCUT2D eigenvalue weighted by Crippen LogP contribution is -1.92. The van der Waals surface area contributed by atoms with Gasteiger partial charge >= 0.3 is 0 Å². The maximum atomic E-state index is 9.44. The molecule has 0 saturated heterocycles. The van der Waals surface area contributed by atoms with E-state index in [9.17, 15) is 5.48 Å². The molecule has 9 aromatic rings. The largest absolute Gasteiger partial charge is 0.455 e. The standard InChI is InChI=1S/C42H26O/c1-2-13-28(14-3-1)30-25-26-37(41-36-22-10-11-24-38(36)43-42(30)41)40-34-20-8-6-18-32(34)39(33-19-7-9-21-35(33)40)31-23-12-16-27-15-4-5-17-29(27)31/h1-26H/i6D,7D,8D,9D,16D,18D,19D,20D,21D. The van der Waals surface area contributed by atoms with E-state index in [-0.39, 0.29) is 62.9 Å². The van der Waals surface area contributed by atoms with Gasteiger partial charge in [-0.15, -0.1) is 0 Å². The Morgan fingerprint density at radius 2 is 1.00 bits per heavy atom. The molecule has 0 amide bonds. The zero-order valence-electron chi connectivity index (χ0n) is 31.7. The lowest BCUT2D eigenvalue weighted by atomic mass is 9.83. The highest BCUT2D eigenvalue weighted by Gasteiger charge is 2.22. The van der Waals surface area contributed by atoms with Crippen molar-refractivity contribution >= 4 is 54.3 Å². The van der Waals surface area contributed by atoms with Crippen LogP contribution in [0.5, 0.6) is 0 Å². The summed E-state index contributed by atoms with van der Waals surface area (Å²) < 4.78 is 88.2. The molecule has 0 fully saturated rings. The molecule has 1 nitrogen and oxygen atoms in total. The first-order chi connectivity index (χ1) is 25.1. The van der Waals surface area contributed by atoms with Crippen LogP contribution in [0.25, 0.3) is 87.6 Å². The van der Waals surface area contributed by atoms with Gasteiger partial charge in [0.1, 0.15) is 11.2 Å². The highest BCUT2D eigenvalue weighted by atomic mass is 16.3. The van der Waals surface area contributed by atoms with Gasteiger partial charge in [-0.05, 0) is 72.3 Å². The molecule has 9 rings (SSSR count). The second-order valence-corrected chi connectivity index (χ2v) is 10.5. The van der Waals surface area contributed by atoms with Gasteiger partial charge in [-0.2, -0.15) is 0 Å². The molecule has 0 N–H and O–H groups in total. The van der Waals surface area contributed by atoms with Crippen molar-refractivity contribution in [2.45, 2.75) is 0 Å². The first-order valence-electron chi connectivity index (χ1n) is 18.5. The number of furan rings is 1. The van der Waals surface area contributed by atoms with Gasteiger partial charge in [0.05, 0.1) is 12.3 Å². The molecule has 0 bridgehead atoms. The molecule has 0 atom stereocenters. The van der Waals surface area contributed by atoms with Crippen molar-refractivity contribution in [2.75, 3.05) is 0 Å². The lowest BCUT2D eigenvalue weighted by Gasteiger charge is -2.19. The summed E-state index contributed by atoms with van der Waals surface area (Å²) in [6, 6.07) is 28.5. The van der Waals surface area contributed by atoms with Crippen LogP contribution in [0.2, 0.25) is 0 Å². The molecule has 0 aliphatic rings. The first-order valence-corrected chi connectivity index (χ1v) is 14.0. The van der Waals surface area contributed by atoms with Crippen molar-refractivity contribution in [3.8, 4) is 33.4 Å².